The van der Waals surface area contributed by atoms with Crippen molar-refractivity contribution >= 4 is 11.8 Å². The maximum Gasteiger partial charge on any atom is 0.228 e. The molecular weight excluding hydrogens is 322 g/mol. The molecule has 2 amide bonds. The fraction of sp³-hybridized carbons (Fsp3) is 0.500. The molecule has 7 heteroatoms. The molecule has 2 aliphatic heterocycles. The van der Waals surface area contributed by atoms with Crippen molar-refractivity contribution in [1.29, 1.82) is 0 Å². The van der Waals surface area contributed by atoms with Crippen LogP contribution in [-0.2, 0) is 16.1 Å². The first-order valence-electron chi connectivity index (χ1n) is 8.65. The van der Waals surface area contributed by atoms with Crippen LogP contribution in [0.15, 0.2) is 33.4 Å². The van der Waals surface area contributed by atoms with Crippen LogP contribution in [-0.4, -0.2) is 39.9 Å². The van der Waals surface area contributed by atoms with Gasteiger partial charge in [-0.25, -0.2) is 0 Å². The van der Waals surface area contributed by atoms with Gasteiger partial charge in [0.25, 0.3) is 0 Å². The first-order valence-corrected chi connectivity index (χ1v) is 8.65. The summed E-state index contributed by atoms with van der Waals surface area (Å²) in [7, 11) is 0. The van der Waals surface area contributed by atoms with Crippen LogP contribution in [0.2, 0.25) is 0 Å². The predicted octanol–water partition coefficient (Wildman–Crippen LogP) is 2.29. The molecule has 2 aliphatic rings. The van der Waals surface area contributed by atoms with Gasteiger partial charge in [0.05, 0.1) is 30.5 Å². The lowest BCUT2D eigenvalue weighted by Crippen LogP contribution is -2.37. The minimum absolute atomic E-state index is 0.000932. The second-order valence-electron chi connectivity index (χ2n) is 6.81. The minimum atomic E-state index is -0.299. The number of likely N-dealkylation sites (tertiary alicyclic amines) is 2. The molecule has 2 fully saturated rings. The van der Waals surface area contributed by atoms with Crippen molar-refractivity contribution in [1.82, 2.24) is 15.0 Å². The van der Waals surface area contributed by atoms with E-state index < -0.39 is 0 Å². The highest BCUT2D eigenvalue weighted by Crippen LogP contribution is 2.35. The van der Waals surface area contributed by atoms with Crippen LogP contribution in [0.1, 0.15) is 42.5 Å². The molecule has 0 saturated carbocycles. The maximum atomic E-state index is 13.0. The Hall–Kier alpha value is -2.57. The number of carbonyl (C=O) groups is 2. The Labute approximate surface area is 145 Å². The van der Waals surface area contributed by atoms with Gasteiger partial charge in [-0.15, -0.1) is 0 Å². The molecule has 0 aliphatic carbocycles. The van der Waals surface area contributed by atoms with Gasteiger partial charge in [0.1, 0.15) is 5.76 Å². The van der Waals surface area contributed by atoms with Gasteiger partial charge >= 0.3 is 0 Å². The Bertz CT molecular complexity index is 767. The summed E-state index contributed by atoms with van der Waals surface area (Å²) in [6.07, 6.45) is 3.66. The summed E-state index contributed by atoms with van der Waals surface area (Å²) in [6, 6.07) is 5.46. The number of furan rings is 1. The number of amides is 2. The third-order valence-electron chi connectivity index (χ3n) is 5.00. The number of hydrogen-bond acceptors (Lipinski definition) is 5. The van der Waals surface area contributed by atoms with Crippen LogP contribution >= 0.6 is 0 Å². The van der Waals surface area contributed by atoms with E-state index in [1.165, 1.54) is 0 Å². The third kappa shape index (κ3) is 3.06. The molecule has 2 aromatic heterocycles. The van der Waals surface area contributed by atoms with Crippen LogP contribution in [0.5, 0.6) is 0 Å². The number of aromatic nitrogens is 1. The van der Waals surface area contributed by atoms with E-state index in [-0.39, 0.29) is 30.2 Å². The second kappa shape index (κ2) is 6.38. The fourth-order valence-electron chi connectivity index (χ4n) is 3.78. The molecule has 0 aromatic carbocycles. The Morgan fingerprint density at radius 2 is 2.32 bits per heavy atom. The van der Waals surface area contributed by atoms with E-state index in [4.69, 9.17) is 8.94 Å². The van der Waals surface area contributed by atoms with Gasteiger partial charge in [-0.05, 0) is 31.9 Å². The number of aryl methyl sites for hydroxylation is 1. The number of hydrogen-bond donors (Lipinski definition) is 0. The van der Waals surface area contributed by atoms with Gasteiger partial charge in [-0.3, -0.25) is 9.59 Å². The van der Waals surface area contributed by atoms with E-state index in [0.29, 0.717) is 19.6 Å². The molecule has 2 saturated heterocycles. The molecule has 0 N–H and O–H groups in total. The zero-order valence-corrected chi connectivity index (χ0v) is 14.2. The molecule has 0 bridgehead atoms. The standard InChI is InChI=1S/C18H21N3O4/c1-12-8-16(25-19-12)15-5-2-6-21(15)18(23)13-9-17(22)20(10-13)11-14-4-3-7-24-14/h3-4,7-8,13,15H,2,5-6,9-11H2,1H3. The van der Waals surface area contributed by atoms with Gasteiger partial charge in [0.2, 0.25) is 11.8 Å². The quantitative estimate of drug-likeness (QED) is 0.851. The maximum absolute atomic E-state index is 13.0. The highest BCUT2D eigenvalue weighted by molar-refractivity contribution is 5.89. The van der Waals surface area contributed by atoms with Crippen molar-refractivity contribution in [2.45, 2.75) is 38.8 Å². The monoisotopic (exact) mass is 343 g/mol. The van der Waals surface area contributed by atoms with E-state index in [1.54, 1.807) is 17.2 Å². The van der Waals surface area contributed by atoms with Gasteiger partial charge in [-0.1, -0.05) is 5.16 Å². The van der Waals surface area contributed by atoms with Crippen molar-refractivity contribution in [2.75, 3.05) is 13.1 Å². The molecule has 4 heterocycles. The molecule has 2 atom stereocenters. The Kier molecular flexibility index (Phi) is 4.07. The molecule has 4 rings (SSSR count). The number of rotatable bonds is 4. The molecule has 0 radical (unpaired) electrons. The average molecular weight is 343 g/mol. The Balaban J connectivity index is 1.44. The van der Waals surface area contributed by atoms with E-state index in [1.807, 2.05) is 24.0 Å². The van der Waals surface area contributed by atoms with Gasteiger partial charge in [0.15, 0.2) is 5.76 Å². The highest BCUT2D eigenvalue weighted by atomic mass is 16.5. The van der Waals surface area contributed by atoms with Crippen molar-refractivity contribution in [3.63, 3.8) is 0 Å². The molecule has 0 spiro atoms. The lowest BCUT2D eigenvalue weighted by atomic mass is 10.1. The predicted molar refractivity (Wildman–Crippen MR) is 87.2 cm³/mol. The topological polar surface area (TPSA) is 79.8 Å². The van der Waals surface area contributed by atoms with Crippen LogP contribution in [0.4, 0.5) is 0 Å². The van der Waals surface area contributed by atoms with Crippen LogP contribution in [0.25, 0.3) is 0 Å². The Morgan fingerprint density at radius 1 is 1.44 bits per heavy atom. The van der Waals surface area contributed by atoms with Crippen molar-refractivity contribution in [3.8, 4) is 0 Å². The summed E-state index contributed by atoms with van der Waals surface area (Å²) in [5.41, 5.74) is 0.815. The van der Waals surface area contributed by atoms with Crippen molar-refractivity contribution < 1.29 is 18.5 Å². The highest BCUT2D eigenvalue weighted by Gasteiger charge is 2.41. The van der Waals surface area contributed by atoms with Gasteiger partial charge < -0.3 is 18.7 Å². The minimum Gasteiger partial charge on any atom is -0.467 e. The average Bonchev–Trinajstić information content (AvgIpc) is 3.35. The van der Waals surface area contributed by atoms with Crippen LogP contribution in [0, 0.1) is 12.8 Å². The van der Waals surface area contributed by atoms with Gasteiger partial charge in [-0.2, -0.15) is 0 Å². The zero-order valence-electron chi connectivity index (χ0n) is 14.2. The summed E-state index contributed by atoms with van der Waals surface area (Å²) in [5.74, 6) is 1.21. The SMILES string of the molecule is Cc1cc(C2CCCN2C(=O)C2CC(=O)N(Cc3ccco3)C2)on1. The molecule has 25 heavy (non-hydrogen) atoms. The van der Waals surface area contributed by atoms with E-state index in [2.05, 4.69) is 5.16 Å². The van der Waals surface area contributed by atoms with Crippen molar-refractivity contribution in [2.24, 2.45) is 5.92 Å². The number of nitrogens with zero attached hydrogens (tertiary/aromatic N) is 3. The first kappa shape index (κ1) is 15.9. The largest absolute Gasteiger partial charge is 0.467 e. The third-order valence-corrected chi connectivity index (χ3v) is 5.00. The molecule has 7 nitrogen and oxygen atoms in total. The van der Waals surface area contributed by atoms with E-state index in [0.717, 1.165) is 30.1 Å². The summed E-state index contributed by atoms with van der Waals surface area (Å²) >= 11 is 0. The number of carbonyl (C=O) groups excluding carboxylic acids is 2. The van der Waals surface area contributed by atoms with E-state index in [9.17, 15) is 9.59 Å². The summed E-state index contributed by atoms with van der Waals surface area (Å²) in [4.78, 5) is 28.8. The van der Waals surface area contributed by atoms with Crippen molar-refractivity contribution in [3.05, 3.63) is 41.7 Å². The summed E-state index contributed by atoms with van der Waals surface area (Å²) in [6.45, 7) is 3.43. The summed E-state index contributed by atoms with van der Waals surface area (Å²) < 4.78 is 10.7. The summed E-state index contributed by atoms with van der Waals surface area (Å²) in [5, 5.41) is 3.93. The molecule has 2 unspecified atom stereocenters. The molecule has 132 valence electrons. The lowest BCUT2D eigenvalue weighted by Gasteiger charge is -2.25. The smallest absolute Gasteiger partial charge is 0.228 e. The van der Waals surface area contributed by atoms with Gasteiger partial charge in [0, 0.05) is 25.6 Å². The normalized spacial score (nSPS) is 23.6. The van der Waals surface area contributed by atoms with Crippen LogP contribution < -0.4 is 0 Å². The second-order valence-corrected chi connectivity index (χ2v) is 6.81. The van der Waals surface area contributed by atoms with Crippen LogP contribution in [0.3, 0.4) is 0 Å². The molecular formula is C18H21N3O4. The molecule has 2 aromatic rings. The van der Waals surface area contributed by atoms with E-state index >= 15 is 0 Å². The zero-order chi connectivity index (χ0) is 17.4. The lowest BCUT2D eigenvalue weighted by molar-refractivity contribution is -0.137. The Morgan fingerprint density at radius 3 is 3.04 bits per heavy atom. The first-order chi connectivity index (χ1) is 12.1. The fourth-order valence-corrected chi connectivity index (χ4v) is 3.78.